The molecule has 0 saturated heterocycles. The molecule has 13 heavy (non-hydrogen) atoms. The van der Waals surface area contributed by atoms with Crippen LogP contribution < -0.4 is 0 Å². The molecule has 2 aromatic rings. The fourth-order valence-corrected chi connectivity index (χ4v) is 1.03. The Balaban J connectivity index is 0.000000845. The van der Waals surface area contributed by atoms with Crippen LogP contribution in [0.1, 0.15) is 0 Å². The summed E-state index contributed by atoms with van der Waals surface area (Å²) >= 11 is 0. The second kappa shape index (κ2) is 5.58. The Kier molecular flexibility index (Phi) is 4.71. The minimum atomic E-state index is 0. The van der Waals surface area contributed by atoms with Crippen LogP contribution >= 0.6 is 0 Å². The Morgan fingerprint density at radius 3 is 1.46 bits per heavy atom. The molecular formula is C10H8EuN2+2. The summed E-state index contributed by atoms with van der Waals surface area (Å²) in [6, 6.07) is 11.6. The van der Waals surface area contributed by atoms with E-state index in [0.717, 1.165) is 11.4 Å². The van der Waals surface area contributed by atoms with E-state index < -0.39 is 0 Å². The van der Waals surface area contributed by atoms with Gasteiger partial charge in [0.15, 0.2) is 0 Å². The molecule has 0 unspecified atom stereocenters. The summed E-state index contributed by atoms with van der Waals surface area (Å²) in [6.45, 7) is 0. The molecule has 0 spiro atoms. The third-order valence-corrected chi connectivity index (χ3v) is 1.59. The minimum absolute atomic E-state index is 0. The third-order valence-electron chi connectivity index (χ3n) is 1.59. The van der Waals surface area contributed by atoms with E-state index in [1.807, 2.05) is 36.4 Å². The van der Waals surface area contributed by atoms with Crippen LogP contribution in [0.5, 0.6) is 0 Å². The van der Waals surface area contributed by atoms with Crippen LogP contribution in [0.25, 0.3) is 11.4 Å². The van der Waals surface area contributed by atoms with Gasteiger partial charge in [-0.3, -0.25) is 9.97 Å². The molecule has 63 valence electrons. The van der Waals surface area contributed by atoms with Gasteiger partial charge in [-0.15, -0.1) is 0 Å². The summed E-state index contributed by atoms with van der Waals surface area (Å²) in [5, 5.41) is 0. The maximum absolute atomic E-state index is 4.19. The van der Waals surface area contributed by atoms with Crippen LogP contribution in [0.15, 0.2) is 48.8 Å². The molecule has 0 aliphatic carbocycles. The summed E-state index contributed by atoms with van der Waals surface area (Å²) in [4.78, 5) is 8.37. The van der Waals surface area contributed by atoms with Crippen LogP contribution in [0.3, 0.4) is 0 Å². The van der Waals surface area contributed by atoms with Crippen molar-refractivity contribution in [1.29, 1.82) is 0 Å². The van der Waals surface area contributed by atoms with Crippen molar-refractivity contribution in [2.24, 2.45) is 0 Å². The molecule has 0 aromatic carbocycles. The zero-order valence-electron chi connectivity index (χ0n) is 6.89. The molecule has 0 bridgehead atoms. The predicted molar refractivity (Wildman–Crippen MR) is 47.5 cm³/mol. The van der Waals surface area contributed by atoms with Gasteiger partial charge in [0, 0.05) is 12.4 Å². The van der Waals surface area contributed by atoms with Gasteiger partial charge in [0.05, 0.1) is 11.4 Å². The van der Waals surface area contributed by atoms with Gasteiger partial charge >= 0.3 is 49.4 Å². The van der Waals surface area contributed by atoms with Crippen molar-refractivity contribution in [3.8, 4) is 11.4 Å². The Hall–Kier alpha value is -0.116. The normalized spacial score (nSPS) is 8.92. The van der Waals surface area contributed by atoms with Crippen LogP contribution in [0.2, 0.25) is 0 Å². The molecule has 2 nitrogen and oxygen atoms in total. The van der Waals surface area contributed by atoms with E-state index in [2.05, 4.69) is 9.97 Å². The smallest absolute Gasteiger partial charge is 0.255 e. The number of pyridine rings is 2. The summed E-state index contributed by atoms with van der Waals surface area (Å²) < 4.78 is 0. The van der Waals surface area contributed by atoms with E-state index in [1.165, 1.54) is 0 Å². The Bertz CT molecular complexity index is 310. The molecule has 0 aliphatic rings. The standard InChI is InChI=1S/C10H8N2.Eu/c1-3-7-11-9(5-1)10-6-2-4-8-12-10;/h1-8H;/q;+2. The van der Waals surface area contributed by atoms with Crippen molar-refractivity contribution in [3.63, 3.8) is 0 Å². The summed E-state index contributed by atoms with van der Waals surface area (Å²) in [6.07, 6.45) is 3.54. The minimum Gasteiger partial charge on any atom is -0.255 e. The first-order chi connectivity index (χ1) is 5.97. The van der Waals surface area contributed by atoms with Crippen molar-refractivity contribution < 1.29 is 49.4 Å². The molecule has 0 amide bonds. The molecular weight excluding hydrogens is 300 g/mol. The molecule has 2 aromatic heterocycles. The number of aromatic nitrogens is 2. The zero-order valence-corrected chi connectivity index (χ0v) is 9.32. The number of hydrogen-bond acceptors (Lipinski definition) is 2. The van der Waals surface area contributed by atoms with Crippen molar-refractivity contribution in [2.75, 3.05) is 0 Å². The van der Waals surface area contributed by atoms with Crippen LogP contribution in [-0.4, -0.2) is 9.97 Å². The molecule has 1 radical (unpaired) electrons. The molecule has 0 N–H and O–H groups in total. The van der Waals surface area contributed by atoms with Crippen molar-refractivity contribution in [1.82, 2.24) is 9.97 Å². The number of nitrogens with zero attached hydrogens (tertiary/aromatic N) is 2. The monoisotopic (exact) mass is 309 g/mol. The second-order valence-corrected chi connectivity index (χ2v) is 2.43. The summed E-state index contributed by atoms with van der Waals surface area (Å²) in [7, 11) is 0. The number of rotatable bonds is 1. The maximum Gasteiger partial charge on any atom is 2.00 e. The average Bonchev–Trinajstić information content (AvgIpc) is 2.21. The van der Waals surface area contributed by atoms with Gasteiger partial charge in [0.25, 0.3) is 0 Å². The SMILES string of the molecule is [Eu+2].c1ccc(-c2ccccn2)nc1. The van der Waals surface area contributed by atoms with Crippen molar-refractivity contribution in [3.05, 3.63) is 48.8 Å². The maximum atomic E-state index is 4.19. The molecule has 2 heterocycles. The van der Waals surface area contributed by atoms with Gasteiger partial charge in [-0.25, -0.2) is 0 Å². The van der Waals surface area contributed by atoms with Crippen molar-refractivity contribution >= 4 is 0 Å². The van der Waals surface area contributed by atoms with Gasteiger partial charge < -0.3 is 0 Å². The van der Waals surface area contributed by atoms with Crippen LogP contribution in [0, 0.1) is 49.4 Å². The van der Waals surface area contributed by atoms with E-state index in [0.29, 0.717) is 0 Å². The van der Waals surface area contributed by atoms with Gasteiger partial charge in [-0.1, -0.05) is 12.1 Å². The second-order valence-electron chi connectivity index (χ2n) is 2.43. The molecule has 3 heteroatoms. The fraction of sp³-hybridized carbons (Fsp3) is 0. The van der Waals surface area contributed by atoms with Crippen LogP contribution in [-0.2, 0) is 0 Å². The van der Waals surface area contributed by atoms with Gasteiger partial charge in [0.2, 0.25) is 0 Å². The first kappa shape index (κ1) is 11.0. The summed E-state index contributed by atoms with van der Waals surface area (Å²) in [5.41, 5.74) is 1.83. The van der Waals surface area contributed by atoms with E-state index >= 15 is 0 Å². The Morgan fingerprint density at radius 1 is 0.692 bits per heavy atom. The molecule has 0 aliphatic heterocycles. The molecule has 0 saturated carbocycles. The van der Waals surface area contributed by atoms with E-state index in [9.17, 15) is 0 Å². The molecule has 0 atom stereocenters. The molecule has 0 fully saturated rings. The largest absolute Gasteiger partial charge is 2.00 e. The first-order valence-corrected chi connectivity index (χ1v) is 3.79. The number of hydrogen-bond donors (Lipinski definition) is 0. The van der Waals surface area contributed by atoms with Gasteiger partial charge in [0.1, 0.15) is 0 Å². The van der Waals surface area contributed by atoms with E-state index in [-0.39, 0.29) is 49.4 Å². The average molecular weight is 308 g/mol. The predicted octanol–water partition coefficient (Wildman–Crippen LogP) is 2.14. The fourth-order valence-electron chi connectivity index (χ4n) is 1.03. The molecule has 2 rings (SSSR count). The zero-order chi connectivity index (χ0) is 8.23. The third kappa shape index (κ3) is 2.94. The van der Waals surface area contributed by atoms with Gasteiger partial charge in [-0.2, -0.15) is 0 Å². The quantitative estimate of drug-likeness (QED) is 0.807. The first-order valence-electron chi connectivity index (χ1n) is 3.79. The van der Waals surface area contributed by atoms with Gasteiger partial charge in [-0.05, 0) is 24.3 Å². The van der Waals surface area contributed by atoms with E-state index in [1.54, 1.807) is 12.4 Å². The topological polar surface area (TPSA) is 25.8 Å². The Morgan fingerprint density at radius 2 is 1.15 bits per heavy atom. The van der Waals surface area contributed by atoms with Crippen molar-refractivity contribution in [2.45, 2.75) is 0 Å². The Labute approximate surface area is 118 Å². The summed E-state index contributed by atoms with van der Waals surface area (Å²) in [5.74, 6) is 0. The van der Waals surface area contributed by atoms with Crippen LogP contribution in [0.4, 0.5) is 0 Å². The van der Waals surface area contributed by atoms with E-state index in [4.69, 9.17) is 0 Å².